The molecule has 0 aliphatic rings. The number of nitrogens with zero attached hydrogens (tertiary/aromatic N) is 3. The lowest BCUT2D eigenvalue weighted by Crippen LogP contribution is -2.55. The van der Waals surface area contributed by atoms with E-state index in [9.17, 15) is 14.4 Å². The summed E-state index contributed by atoms with van der Waals surface area (Å²) in [6, 6.07) is 23.9. The van der Waals surface area contributed by atoms with E-state index in [1.165, 1.54) is 0 Å². The predicted molar refractivity (Wildman–Crippen MR) is 226 cm³/mol. The van der Waals surface area contributed by atoms with Crippen LogP contribution in [0.4, 0.5) is 0 Å². The zero-order chi connectivity index (χ0) is 38.9. The molecule has 12 nitrogen and oxygen atoms in total. The monoisotopic (exact) mass is 849 g/mol. The lowest BCUT2D eigenvalue weighted by Gasteiger charge is -2.15. The van der Waals surface area contributed by atoms with E-state index in [4.69, 9.17) is 63.4 Å². The van der Waals surface area contributed by atoms with Crippen LogP contribution in [0.1, 0.15) is 33.4 Å². The zero-order valence-corrected chi connectivity index (χ0v) is 34.7. The standard InChI is InChI=1S/C36H39N3O9S6/c1-25-4-10-28(11-5-25)22-52-46-34(49)43-19-16-37-31(40)38(17-20-44-35(50)47-53-23-29-12-6-26(2)7-13-29)33(42)39(32(37)41)18-21-45-36(51)48-54-24-30-14-8-27(3)9-15-30/h4-15H,16-24H2,1-3H3. The normalized spacial score (nSPS) is 10.7. The smallest absolute Gasteiger partial charge is 0.364 e. The van der Waals surface area contributed by atoms with Gasteiger partial charge in [0.15, 0.2) is 0 Å². The Kier molecular flexibility index (Phi) is 17.9. The van der Waals surface area contributed by atoms with Gasteiger partial charge in [0.05, 0.1) is 73.0 Å². The Balaban J connectivity index is 1.34. The van der Waals surface area contributed by atoms with Crippen LogP contribution in [0.5, 0.6) is 0 Å². The summed E-state index contributed by atoms with van der Waals surface area (Å²) in [6.45, 7) is 4.75. The fraction of sp³-hybridized carbons (Fsp3) is 0.333. The molecule has 0 fully saturated rings. The van der Waals surface area contributed by atoms with Crippen LogP contribution in [0.2, 0.25) is 0 Å². The molecule has 288 valence electrons. The third-order valence-electron chi connectivity index (χ3n) is 7.41. The number of aryl methyl sites for hydroxylation is 3. The number of hydrogen-bond donors (Lipinski definition) is 0. The SMILES string of the molecule is Cc1ccc(CSOC(=S)OCCn2c(=O)n(CCOC(=S)OSCc3ccc(C)cc3)c(=O)n(CCOC(=S)OSCc3ccc(C)cc3)c2=O)cc1. The van der Waals surface area contributed by atoms with E-state index in [-0.39, 0.29) is 55.2 Å². The summed E-state index contributed by atoms with van der Waals surface area (Å²) in [5.41, 5.74) is 3.93. The van der Waals surface area contributed by atoms with Crippen LogP contribution in [0.25, 0.3) is 0 Å². The van der Waals surface area contributed by atoms with Crippen LogP contribution in [-0.4, -0.2) is 49.2 Å². The molecule has 0 aliphatic carbocycles. The van der Waals surface area contributed by atoms with Gasteiger partial charge < -0.3 is 26.8 Å². The molecule has 1 aromatic heterocycles. The maximum atomic E-state index is 13.4. The molecular weight excluding hydrogens is 811 g/mol. The molecule has 54 heavy (non-hydrogen) atoms. The Morgan fingerprint density at radius 3 is 0.944 bits per heavy atom. The zero-order valence-electron chi connectivity index (χ0n) is 29.8. The number of benzene rings is 3. The first-order valence-electron chi connectivity index (χ1n) is 16.5. The van der Waals surface area contributed by atoms with Crippen molar-refractivity contribution in [1.82, 2.24) is 13.7 Å². The topological polar surface area (TPSA) is 121 Å². The number of rotatable bonds is 18. The van der Waals surface area contributed by atoms with E-state index in [2.05, 4.69) is 0 Å². The fourth-order valence-corrected chi connectivity index (χ4v) is 6.76. The first kappa shape index (κ1) is 42.9. The van der Waals surface area contributed by atoms with Crippen molar-refractivity contribution in [2.45, 2.75) is 57.7 Å². The van der Waals surface area contributed by atoms with Crippen LogP contribution < -0.4 is 17.1 Å². The van der Waals surface area contributed by atoms with Crippen LogP contribution in [0.3, 0.4) is 0 Å². The third-order valence-corrected chi connectivity index (χ3v) is 10.5. The largest absolute Gasteiger partial charge is 0.454 e. The highest BCUT2D eigenvalue weighted by Gasteiger charge is 2.17. The highest BCUT2D eigenvalue weighted by Crippen LogP contribution is 2.17. The van der Waals surface area contributed by atoms with Crippen LogP contribution in [-0.2, 0) is 63.7 Å². The van der Waals surface area contributed by atoms with E-state index in [0.717, 1.165) is 83.2 Å². The molecule has 0 unspecified atom stereocenters. The Hall–Kier alpha value is -3.81. The number of aromatic nitrogens is 3. The number of hydrogen-bond acceptors (Lipinski definition) is 15. The van der Waals surface area contributed by atoms with Gasteiger partial charge >= 0.3 is 32.8 Å². The van der Waals surface area contributed by atoms with E-state index >= 15 is 0 Å². The Morgan fingerprint density at radius 2 is 0.704 bits per heavy atom. The van der Waals surface area contributed by atoms with Gasteiger partial charge in [0.1, 0.15) is 19.8 Å². The van der Waals surface area contributed by atoms with Crippen molar-refractivity contribution in [3.8, 4) is 0 Å². The Bertz CT molecular complexity index is 1770. The first-order chi connectivity index (χ1) is 26.0. The highest BCUT2D eigenvalue weighted by atomic mass is 32.2. The minimum absolute atomic E-state index is 0.168. The highest BCUT2D eigenvalue weighted by molar-refractivity contribution is 7.95. The molecule has 0 N–H and O–H groups in total. The first-order valence-corrected chi connectivity index (χ1v) is 20.5. The van der Waals surface area contributed by atoms with Gasteiger partial charge in [0, 0.05) is 36.7 Å². The van der Waals surface area contributed by atoms with E-state index in [0.29, 0.717) is 17.3 Å². The molecule has 0 spiro atoms. The van der Waals surface area contributed by atoms with Gasteiger partial charge in [0.2, 0.25) is 0 Å². The minimum atomic E-state index is -0.873. The van der Waals surface area contributed by atoms with E-state index in [1.54, 1.807) is 0 Å². The molecule has 0 radical (unpaired) electrons. The molecule has 4 rings (SSSR count). The Labute approximate surface area is 342 Å². The molecule has 0 saturated heterocycles. The van der Waals surface area contributed by atoms with E-state index < -0.39 is 17.1 Å². The van der Waals surface area contributed by atoms with Gasteiger partial charge in [-0.1, -0.05) is 89.5 Å². The van der Waals surface area contributed by atoms with Gasteiger partial charge in [-0.3, -0.25) is 0 Å². The number of ether oxygens (including phenoxy) is 3. The molecule has 0 aliphatic heterocycles. The van der Waals surface area contributed by atoms with Crippen molar-refractivity contribution in [1.29, 1.82) is 0 Å². The molecule has 18 heteroatoms. The molecule has 0 amide bonds. The van der Waals surface area contributed by atoms with Gasteiger partial charge in [-0.05, 0) is 37.5 Å². The molecule has 0 saturated carbocycles. The second-order valence-electron chi connectivity index (χ2n) is 11.6. The summed E-state index contributed by atoms with van der Waals surface area (Å²) in [4.78, 5) is 40.3. The maximum absolute atomic E-state index is 13.4. The average molecular weight is 850 g/mol. The van der Waals surface area contributed by atoms with Crippen LogP contribution >= 0.6 is 72.8 Å². The lowest BCUT2D eigenvalue weighted by molar-refractivity contribution is 0.218. The molecule has 0 bridgehead atoms. The molecule has 0 atom stereocenters. The lowest BCUT2D eigenvalue weighted by atomic mass is 10.2. The van der Waals surface area contributed by atoms with E-state index in [1.807, 2.05) is 93.6 Å². The van der Waals surface area contributed by atoms with Crippen LogP contribution in [0, 0.1) is 20.8 Å². The Morgan fingerprint density at radius 1 is 0.463 bits per heavy atom. The van der Waals surface area contributed by atoms with Gasteiger partial charge in [-0.25, -0.2) is 28.1 Å². The summed E-state index contributed by atoms with van der Waals surface area (Å²) in [7, 11) is 0. The second kappa shape index (κ2) is 22.5. The summed E-state index contributed by atoms with van der Waals surface area (Å²) < 4.78 is 35.3. The van der Waals surface area contributed by atoms with Crippen molar-refractivity contribution in [3.63, 3.8) is 0 Å². The van der Waals surface area contributed by atoms with Crippen molar-refractivity contribution >= 4 is 88.5 Å². The predicted octanol–water partition coefficient (Wildman–Crippen LogP) is 6.60. The molecule has 4 aromatic rings. The second-order valence-corrected chi connectivity index (χ2v) is 14.7. The molecular formula is C36H39N3O9S6. The van der Waals surface area contributed by atoms with Crippen molar-refractivity contribution in [3.05, 3.63) is 138 Å². The summed E-state index contributed by atoms with van der Waals surface area (Å²) in [6.07, 6.45) is 0. The van der Waals surface area contributed by atoms with Crippen molar-refractivity contribution < 1.29 is 26.8 Å². The molecule has 1 heterocycles. The van der Waals surface area contributed by atoms with Gasteiger partial charge in [0.25, 0.3) is 0 Å². The van der Waals surface area contributed by atoms with Crippen molar-refractivity contribution in [2.24, 2.45) is 0 Å². The van der Waals surface area contributed by atoms with Crippen LogP contribution in [0.15, 0.2) is 87.2 Å². The van der Waals surface area contributed by atoms with Gasteiger partial charge in [-0.15, -0.1) is 0 Å². The summed E-state index contributed by atoms with van der Waals surface area (Å²) >= 11 is 18.7. The fourth-order valence-electron chi connectivity index (χ4n) is 4.48. The maximum Gasteiger partial charge on any atom is 0.364 e. The van der Waals surface area contributed by atoms with Gasteiger partial charge in [-0.2, -0.15) is 0 Å². The van der Waals surface area contributed by atoms with Crippen molar-refractivity contribution in [2.75, 3.05) is 19.8 Å². The minimum Gasteiger partial charge on any atom is -0.454 e. The summed E-state index contributed by atoms with van der Waals surface area (Å²) in [5.74, 6) is 1.59. The third kappa shape index (κ3) is 14.4. The number of thiocarbonyl (C=S) groups is 3. The quantitative estimate of drug-likeness (QED) is 0.0790. The summed E-state index contributed by atoms with van der Waals surface area (Å²) in [5, 5.41) is -0.505. The average Bonchev–Trinajstić information content (AvgIpc) is 3.15. The molecule has 3 aromatic carbocycles.